The van der Waals surface area contributed by atoms with Crippen LogP contribution in [-0.4, -0.2) is 39.7 Å². The number of likely N-dealkylation sites (N-methyl/N-ethyl adjacent to an activating group) is 1. The summed E-state index contributed by atoms with van der Waals surface area (Å²) >= 11 is 0. The zero-order valence-corrected chi connectivity index (χ0v) is 15.4. The molecule has 0 aliphatic heterocycles. The van der Waals surface area contributed by atoms with Crippen LogP contribution in [-0.2, 0) is 11.8 Å². The summed E-state index contributed by atoms with van der Waals surface area (Å²) in [6.07, 6.45) is 1.53. The summed E-state index contributed by atoms with van der Waals surface area (Å²) in [5, 5.41) is 10.6. The summed E-state index contributed by atoms with van der Waals surface area (Å²) in [4.78, 5) is 28.2. The Morgan fingerprint density at radius 3 is 2.67 bits per heavy atom. The van der Waals surface area contributed by atoms with E-state index in [9.17, 15) is 9.59 Å². The summed E-state index contributed by atoms with van der Waals surface area (Å²) in [5.41, 5.74) is 2.63. The third-order valence-corrected chi connectivity index (χ3v) is 3.98. The predicted octanol–water partition coefficient (Wildman–Crippen LogP) is 2.04. The Morgan fingerprint density at radius 1 is 1.22 bits per heavy atom. The van der Waals surface area contributed by atoms with Crippen LogP contribution in [0.25, 0.3) is 11.0 Å². The molecule has 0 aliphatic carbocycles. The van der Waals surface area contributed by atoms with Gasteiger partial charge in [-0.15, -0.1) is 0 Å². The van der Waals surface area contributed by atoms with Crippen molar-refractivity contribution in [2.75, 3.05) is 18.5 Å². The minimum atomic E-state index is -0.261. The van der Waals surface area contributed by atoms with E-state index in [0.717, 1.165) is 16.7 Å². The number of hydrogen-bond donors (Lipinski definition) is 2. The quantitative estimate of drug-likeness (QED) is 0.695. The number of anilines is 1. The molecule has 2 aromatic heterocycles. The number of carbonyl (C=O) groups excluding carboxylic acids is 2. The van der Waals surface area contributed by atoms with Crippen LogP contribution in [0.1, 0.15) is 23.0 Å². The maximum Gasteiger partial charge on any atom is 0.257 e. The van der Waals surface area contributed by atoms with Crippen LogP contribution in [0, 0.1) is 6.92 Å². The van der Waals surface area contributed by atoms with E-state index >= 15 is 0 Å². The van der Waals surface area contributed by atoms with Crippen molar-refractivity contribution in [1.29, 1.82) is 0 Å². The molecule has 0 spiro atoms. The fourth-order valence-electron chi connectivity index (χ4n) is 2.67. The smallest absolute Gasteiger partial charge is 0.257 e. The van der Waals surface area contributed by atoms with Crippen molar-refractivity contribution in [2.45, 2.75) is 13.8 Å². The van der Waals surface area contributed by atoms with Crippen LogP contribution >= 0.6 is 0 Å². The van der Waals surface area contributed by atoms with Crippen LogP contribution in [0.5, 0.6) is 5.75 Å². The Hall–Kier alpha value is -3.42. The molecule has 0 unspecified atom stereocenters. The van der Waals surface area contributed by atoms with Crippen LogP contribution < -0.4 is 15.4 Å². The Morgan fingerprint density at radius 2 is 1.96 bits per heavy atom. The van der Waals surface area contributed by atoms with E-state index in [1.807, 2.05) is 20.9 Å². The lowest BCUT2D eigenvalue weighted by Gasteiger charge is -2.08. The lowest BCUT2D eigenvalue weighted by atomic mass is 10.2. The number of nitrogens with zero attached hydrogens (tertiary/aromatic N) is 3. The summed E-state index contributed by atoms with van der Waals surface area (Å²) in [5.74, 6) is 0.112. The molecular weight excluding hydrogens is 346 g/mol. The Balaban J connectivity index is 1.65. The Bertz CT molecular complexity index is 979. The highest BCUT2D eigenvalue weighted by Gasteiger charge is 2.12. The Kier molecular flexibility index (Phi) is 5.35. The van der Waals surface area contributed by atoms with Gasteiger partial charge in [-0.2, -0.15) is 5.10 Å². The summed E-state index contributed by atoms with van der Waals surface area (Å²) in [6.45, 7) is 4.24. The molecule has 0 atom stereocenters. The normalized spacial score (nSPS) is 10.6. The monoisotopic (exact) mass is 367 g/mol. The number of pyridine rings is 1. The first-order chi connectivity index (χ1) is 13.0. The Labute approximate surface area is 156 Å². The maximum atomic E-state index is 12.5. The average Bonchev–Trinajstić information content (AvgIpc) is 2.95. The van der Waals surface area contributed by atoms with Gasteiger partial charge in [0.15, 0.2) is 12.3 Å². The lowest BCUT2D eigenvalue weighted by molar-refractivity contribution is -0.122. The van der Waals surface area contributed by atoms with Crippen molar-refractivity contribution in [3.63, 3.8) is 0 Å². The number of aryl methyl sites for hydroxylation is 2. The second kappa shape index (κ2) is 7.86. The van der Waals surface area contributed by atoms with Crippen LogP contribution in [0.3, 0.4) is 0 Å². The zero-order chi connectivity index (χ0) is 19.4. The molecule has 1 aromatic carbocycles. The van der Waals surface area contributed by atoms with E-state index in [1.165, 1.54) is 6.20 Å². The molecule has 0 fully saturated rings. The van der Waals surface area contributed by atoms with Gasteiger partial charge in [0.2, 0.25) is 0 Å². The maximum absolute atomic E-state index is 12.5. The third kappa shape index (κ3) is 4.22. The minimum Gasteiger partial charge on any atom is -0.484 e. The van der Waals surface area contributed by atoms with Crippen molar-refractivity contribution < 1.29 is 14.3 Å². The van der Waals surface area contributed by atoms with Gasteiger partial charge in [0.1, 0.15) is 5.75 Å². The number of fused-ring (bicyclic) bond motifs is 1. The van der Waals surface area contributed by atoms with Gasteiger partial charge in [-0.1, -0.05) is 0 Å². The highest BCUT2D eigenvalue weighted by atomic mass is 16.5. The van der Waals surface area contributed by atoms with Gasteiger partial charge < -0.3 is 15.4 Å². The fraction of sp³-hybridized carbons (Fsp3) is 0.263. The first kappa shape index (κ1) is 18.4. The topological polar surface area (TPSA) is 98.1 Å². The van der Waals surface area contributed by atoms with Gasteiger partial charge in [0.05, 0.1) is 11.3 Å². The van der Waals surface area contributed by atoms with Crippen LogP contribution in [0.2, 0.25) is 0 Å². The number of amides is 2. The van der Waals surface area contributed by atoms with E-state index in [2.05, 4.69) is 20.7 Å². The number of aromatic nitrogens is 3. The molecule has 140 valence electrons. The largest absolute Gasteiger partial charge is 0.484 e. The molecule has 2 N–H and O–H groups in total. The number of carbonyl (C=O) groups is 2. The van der Waals surface area contributed by atoms with E-state index in [0.29, 0.717) is 23.5 Å². The number of nitrogens with one attached hydrogen (secondary N) is 2. The molecule has 3 aromatic rings. The van der Waals surface area contributed by atoms with Gasteiger partial charge >= 0.3 is 0 Å². The second-order valence-corrected chi connectivity index (χ2v) is 6.02. The molecule has 0 saturated carbocycles. The minimum absolute atomic E-state index is 0.0459. The van der Waals surface area contributed by atoms with Gasteiger partial charge in [-0.05, 0) is 44.2 Å². The molecule has 2 amide bonds. The number of hydrogen-bond acceptors (Lipinski definition) is 5. The molecule has 2 heterocycles. The molecular formula is C19H21N5O3. The van der Waals surface area contributed by atoms with E-state index in [4.69, 9.17) is 4.74 Å². The summed E-state index contributed by atoms with van der Waals surface area (Å²) in [6, 6.07) is 8.60. The van der Waals surface area contributed by atoms with Gasteiger partial charge in [0, 0.05) is 30.9 Å². The molecule has 0 bridgehead atoms. The molecule has 0 aliphatic rings. The predicted molar refractivity (Wildman–Crippen MR) is 102 cm³/mol. The molecule has 0 saturated heterocycles. The van der Waals surface area contributed by atoms with Gasteiger partial charge in [-0.3, -0.25) is 14.3 Å². The third-order valence-electron chi connectivity index (χ3n) is 3.98. The molecule has 3 rings (SSSR count). The fourth-order valence-corrected chi connectivity index (χ4v) is 2.67. The van der Waals surface area contributed by atoms with Crippen molar-refractivity contribution in [2.24, 2.45) is 7.05 Å². The van der Waals surface area contributed by atoms with Gasteiger partial charge in [-0.25, -0.2) is 4.98 Å². The van der Waals surface area contributed by atoms with Crippen molar-refractivity contribution in [1.82, 2.24) is 20.1 Å². The zero-order valence-electron chi connectivity index (χ0n) is 15.4. The number of benzene rings is 1. The first-order valence-corrected chi connectivity index (χ1v) is 8.58. The molecule has 8 nitrogen and oxygen atoms in total. The summed E-state index contributed by atoms with van der Waals surface area (Å²) in [7, 11) is 1.82. The van der Waals surface area contributed by atoms with Crippen molar-refractivity contribution >= 4 is 28.5 Å². The highest BCUT2D eigenvalue weighted by Crippen LogP contribution is 2.19. The molecule has 27 heavy (non-hydrogen) atoms. The number of rotatable bonds is 6. The van der Waals surface area contributed by atoms with E-state index in [1.54, 1.807) is 35.0 Å². The van der Waals surface area contributed by atoms with Crippen molar-refractivity contribution in [3.8, 4) is 5.75 Å². The highest BCUT2D eigenvalue weighted by molar-refractivity contribution is 6.05. The van der Waals surface area contributed by atoms with E-state index < -0.39 is 0 Å². The SMILES string of the molecule is CCNC(=O)COc1ccc(NC(=O)c2cnc3c(c2)c(C)nn3C)cc1. The summed E-state index contributed by atoms with van der Waals surface area (Å²) < 4.78 is 7.07. The van der Waals surface area contributed by atoms with Crippen LogP contribution in [0.4, 0.5) is 5.69 Å². The van der Waals surface area contributed by atoms with E-state index in [-0.39, 0.29) is 18.4 Å². The van der Waals surface area contributed by atoms with Crippen molar-refractivity contribution in [3.05, 3.63) is 47.8 Å². The average molecular weight is 367 g/mol. The number of ether oxygens (including phenoxy) is 1. The molecule has 8 heteroatoms. The first-order valence-electron chi connectivity index (χ1n) is 8.58. The van der Waals surface area contributed by atoms with Gasteiger partial charge in [0.25, 0.3) is 11.8 Å². The standard InChI is InChI=1S/C19H21N5O3/c1-4-20-17(25)11-27-15-7-5-14(6-8-15)22-19(26)13-9-16-12(2)23-24(3)18(16)21-10-13/h5-10H,4,11H2,1-3H3,(H,20,25)(H,22,26). The second-order valence-electron chi connectivity index (χ2n) is 6.02. The lowest BCUT2D eigenvalue weighted by Crippen LogP contribution is -2.28. The van der Waals surface area contributed by atoms with Crippen LogP contribution in [0.15, 0.2) is 36.5 Å². The molecule has 0 radical (unpaired) electrons.